The minimum Gasteiger partial charge on any atom is -0.390 e. The van der Waals surface area contributed by atoms with Crippen LogP contribution in [0.15, 0.2) is 12.3 Å². The maximum atomic E-state index is 9.06. The van der Waals surface area contributed by atoms with Crippen molar-refractivity contribution >= 4 is 5.95 Å². The van der Waals surface area contributed by atoms with E-state index in [-0.39, 0.29) is 6.61 Å². The van der Waals surface area contributed by atoms with Gasteiger partial charge in [0.1, 0.15) is 0 Å². The van der Waals surface area contributed by atoms with Gasteiger partial charge in [0, 0.05) is 38.4 Å². The molecule has 5 nitrogen and oxygen atoms in total. The summed E-state index contributed by atoms with van der Waals surface area (Å²) in [5.41, 5.74) is 0.682. The van der Waals surface area contributed by atoms with Gasteiger partial charge in [0.2, 0.25) is 5.95 Å². The lowest BCUT2D eigenvalue weighted by atomic mass is 10.2. The van der Waals surface area contributed by atoms with Crippen molar-refractivity contribution < 1.29 is 5.11 Å². The third-order valence-electron chi connectivity index (χ3n) is 3.19. The maximum absolute atomic E-state index is 9.06. The smallest absolute Gasteiger partial charge is 0.225 e. The largest absolute Gasteiger partial charge is 0.390 e. The quantitative estimate of drug-likeness (QED) is 0.828. The van der Waals surface area contributed by atoms with E-state index in [4.69, 9.17) is 5.11 Å². The molecule has 1 aliphatic heterocycles. The molecule has 1 N–H and O–H groups in total. The van der Waals surface area contributed by atoms with Crippen LogP contribution in [-0.2, 0) is 6.61 Å². The first-order valence-corrected chi connectivity index (χ1v) is 6.12. The summed E-state index contributed by atoms with van der Waals surface area (Å²) in [5, 5.41) is 9.06. The molecule has 17 heavy (non-hydrogen) atoms. The van der Waals surface area contributed by atoms with Crippen molar-refractivity contribution in [1.82, 2.24) is 14.9 Å². The van der Waals surface area contributed by atoms with Gasteiger partial charge in [-0.3, -0.25) is 4.90 Å². The van der Waals surface area contributed by atoms with E-state index >= 15 is 0 Å². The first-order chi connectivity index (χ1) is 8.20. The van der Waals surface area contributed by atoms with Crippen LogP contribution in [0.25, 0.3) is 0 Å². The van der Waals surface area contributed by atoms with E-state index in [1.54, 1.807) is 12.3 Å². The molecule has 0 amide bonds. The molecular formula is C12H20N4O. The lowest BCUT2D eigenvalue weighted by Crippen LogP contribution is -2.49. The predicted octanol–water partition coefficient (Wildman–Crippen LogP) is 0.499. The van der Waals surface area contributed by atoms with E-state index in [0.717, 1.165) is 32.1 Å². The molecule has 0 saturated carbocycles. The minimum atomic E-state index is -0.0263. The van der Waals surface area contributed by atoms with Gasteiger partial charge in [-0.25, -0.2) is 9.97 Å². The van der Waals surface area contributed by atoms with Crippen molar-refractivity contribution in [2.24, 2.45) is 0 Å². The average molecular weight is 236 g/mol. The Morgan fingerprint density at radius 3 is 2.59 bits per heavy atom. The highest BCUT2D eigenvalue weighted by molar-refractivity contribution is 5.31. The number of nitrogens with zero attached hydrogens (tertiary/aromatic N) is 4. The van der Waals surface area contributed by atoms with Gasteiger partial charge in [-0.05, 0) is 19.9 Å². The Hall–Kier alpha value is -1.20. The zero-order valence-electron chi connectivity index (χ0n) is 10.5. The molecule has 1 saturated heterocycles. The van der Waals surface area contributed by atoms with Crippen LogP contribution in [0.4, 0.5) is 5.95 Å². The van der Waals surface area contributed by atoms with Crippen molar-refractivity contribution in [3.63, 3.8) is 0 Å². The van der Waals surface area contributed by atoms with Crippen LogP contribution < -0.4 is 4.90 Å². The Balaban J connectivity index is 2.00. The Kier molecular flexibility index (Phi) is 3.91. The number of hydrogen-bond acceptors (Lipinski definition) is 5. The maximum Gasteiger partial charge on any atom is 0.225 e. The molecule has 0 radical (unpaired) electrons. The number of aromatic nitrogens is 2. The number of aliphatic hydroxyl groups is 1. The van der Waals surface area contributed by atoms with E-state index < -0.39 is 0 Å². The Bertz CT molecular complexity index is 361. The van der Waals surface area contributed by atoms with Gasteiger partial charge < -0.3 is 10.0 Å². The van der Waals surface area contributed by atoms with Crippen LogP contribution in [0.2, 0.25) is 0 Å². The molecule has 1 aliphatic rings. The second-order valence-electron chi connectivity index (χ2n) is 4.62. The topological polar surface area (TPSA) is 52.5 Å². The highest BCUT2D eigenvalue weighted by atomic mass is 16.3. The van der Waals surface area contributed by atoms with Gasteiger partial charge in [-0.1, -0.05) is 0 Å². The Morgan fingerprint density at radius 1 is 1.29 bits per heavy atom. The molecule has 2 rings (SSSR count). The molecule has 2 heterocycles. The summed E-state index contributed by atoms with van der Waals surface area (Å²) in [6, 6.07) is 2.34. The highest BCUT2D eigenvalue weighted by Gasteiger charge is 2.20. The van der Waals surface area contributed by atoms with Crippen LogP contribution in [0.3, 0.4) is 0 Å². The summed E-state index contributed by atoms with van der Waals surface area (Å²) >= 11 is 0. The standard InChI is InChI=1S/C12H20N4O/c1-10(2)15-5-7-16(8-6-15)12-13-4-3-11(9-17)14-12/h3-4,10,17H,5-9H2,1-2H3. The number of anilines is 1. The van der Waals surface area contributed by atoms with Gasteiger partial charge in [0.15, 0.2) is 0 Å². The number of piperazine rings is 1. The van der Waals surface area contributed by atoms with Crippen LogP contribution in [0.1, 0.15) is 19.5 Å². The van der Waals surface area contributed by atoms with E-state index in [1.165, 1.54) is 0 Å². The second kappa shape index (κ2) is 5.42. The molecule has 0 spiro atoms. The van der Waals surface area contributed by atoms with Crippen molar-refractivity contribution in [2.45, 2.75) is 26.5 Å². The first-order valence-electron chi connectivity index (χ1n) is 6.12. The molecule has 1 fully saturated rings. The highest BCUT2D eigenvalue weighted by Crippen LogP contribution is 2.12. The molecule has 0 unspecified atom stereocenters. The van der Waals surface area contributed by atoms with Crippen molar-refractivity contribution in [3.8, 4) is 0 Å². The fourth-order valence-corrected chi connectivity index (χ4v) is 2.06. The van der Waals surface area contributed by atoms with Crippen molar-refractivity contribution in [2.75, 3.05) is 31.1 Å². The number of aliphatic hydroxyl groups excluding tert-OH is 1. The molecule has 0 aromatic carbocycles. The van der Waals surface area contributed by atoms with Gasteiger partial charge >= 0.3 is 0 Å². The Morgan fingerprint density at radius 2 is 2.00 bits per heavy atom. The fourth-order valence-electron chi connectivity index (χ4n) is 2.06. The summed E-state index contributed by atoms with van der Waals surface area (Å²) in [6.07, 6.45) is 1.71. The molecule has 94 valence electrons. The van der Waals surface area contributed by atoms with Crippen LogP contribution in [0, 0.1) is 0 Å². The van der Waals surface area contributed by atoms with Crippen LogP contribution in [0.5, 0.6) is 0 Å². The van der Waals surface area contributed by atoms with E-state index in [1.807, 2.05) is 0 Å². The summed E-state index contributed by atoms with van der Waals surface area (Å²) in [7, 11) is 0. The predicted molar refractivity (Wildman–Crippen MR) is 66.9 cm³/mol. The summed E-state index contributed by atoms with van der Waals surface area (Å²) in [4.78, 5) is 13.2. The number of rotatable bonds is 3. The third kappa shape index (κ3) is 2.92. The average Bonchev–Trinajstić information content (AvgIpc) is 2.39. The second-order valence-corrected chi connectivity index (χ2v) is 4.62. The molecule has 0 bridgehead atoms. The zero-order valence-corrected chi connectivity index (χ0v) is 10.5. The third-order valence-corrected chi connectivity index (χ3v) is 3.19. The van der Waals surface area contributed by atoms with Crippen LogP contribution >= 0.6 is 0 Å². The number of hydrogen-bond donors (Lipinski definition) is 1. The monoisotopic (exact) mass is 236 g/mol. The molecule has 1 aromatic heterocycles. The molecule has 5 heteroatoms. The Labute approximate surface area is 102 Å². The van der Waals surface area contributed by atoms with Crippen molar-refractivity contribution in [3.05, 3.63) is 18.0 Å². The molecule has 1 aromatic rings. The van der Waals surface area contributed by atoms with Crippen molar-refractivity contribution in [1.29, 1.82) is 0 Å². The fraction of sp³-hybridized carbons (Fsp3) is 0.667. The SMILES string of the molecule is CC(C)N1CCN(c2nccc(CO)n2)CC1. The zero-order chi connectivity index (χ0) is 12.3. The van der Waals surface area contributed by atoms with Gasteiger partial charge in [-0.2, -0.15) is 0 Å². The lowest BCUT2D eigenvalue weighted by Gasteiger charge is -2.36. The lowest BCUT2D eigenvalue weighted by molar-refractivity contribution is 0.208. The van der Waals surface area contributed by atoms with E-state index in [2.05, 4.69) is 33.6 Å². The summed E-state index contributed by atoms with van der Waals surface area (Å²) < 4.78 is 0. The van der Waals surface area contributed by atoms with E-state index in [0.29, 0.717) is 11.7 Å². The molecule has 0 atom stereocenters. The molecule has 0 aliphatic carbocycles. The van der Waals surface area contributed by atoms with Gasteiger partial charge in [-0.15, -0.1) is 0 Å². The summed E-state index contributed by atoms with van der Waals surface area (Å²) in [5.74, 6) is 0.736. The van der Waals surface area contributed by atoms with Gasteiger partial charge in [0.05, 0.1) is 12.3 Å². The van der Waals surface area contributed by atoms with Gasteiger partial charge in [0.25, 0.3) is 0 Å². The molecular weight excluding hydrogens is 216 g/mol. The van der Waals surface area contributed by atoms with Crippen LogP contribution in [-0.4, -0.2) is 52.2 Å². The first kappa shape index (κ1) is 12.3. The minimum absolute atomic E-state index is 0.0263. The normalized spacial score (nSPS) is 17.8. The van der Waals surface area contributed by atoms with E-state index in [9.17, 15) is 0 Å². The summed E-state index contributed by atoms with van der Waals surface area (Å²) in [6.45, 7) is 8.41.